The number of anilines is 1. The standard InChI is InChI=1S/C29H40ClN3O6/c1-29(2,3)39-28(35)33(16-8-9-19-12-14-20(30)15-13-19)23-11-7-10-22(23)32-27(34)31-21-17-24(36-4)26(38-6)25(18-21)37-5/h12-15,17-18,22-23H,7-11,16H2,1-6H3,(H2,31,32,34)/t22-,23-/m1/s1. The minimum Gasteiger partial charge on any atom is -0.493 e. The van der Waals surface area contributed by atoms with Gasteiger partial charge in [-0.25, -0.2) is 9.59 Å². The summed E-state index contributed by atoms with van der Waals surface area (Å²) in [7, 11) is 4.55. The Kier molecular flexibility index (Phi) is 10.6. The molecule has 0 aromatic heterocycles. The number of halogens is 1. The van der Waals surface area contributed by atoms with Gasteiger partial charge in [0, 0.05) is 23.7 Å². The average Bonchev–Trinajstić information content (AvgIpc) is 3.33. The second kappa shape index (κ2) is 13.6. The van der Waals surface area contributed by atoms with Crippen molar-refractivity contribution >= 4 is 29.4 Å². The topological polar surface area (TPSA) is 98.4 Å². The zero-order chi connectivity index (χ0) is 28.6. The van der Waals surface area contributed by atoms with Gasteiger partial charge in [0.25, 0.3) is 0 Å². The monoisotopic (exact) mass is 561 g/mol. The summed E-state index contributed by atoms with van der Waals surface area (Å²) >= 11 is 6.01. The van der Waals surface area contributed by atoms with Crippen LogP contribution in [-0.2, 0) is 11.2 Å². The van der Waals surface area contributed by atoms with Crippen LogP contribution in [0.25, 0.3) is 0 Å². The molecule has 2 aromatic rings. The number of carbonyl (C=O) groups is 2. The summed E-state index contributed by atoms with van der Waals surface area (Å²) in [6, 6.07) is 10.3. The molecule has 10 heteroatoms. The number of hydrogen-bond acceptors (Lipinski definition) is 6. The zero-order valence-corrected chi connectivity index (χ0v) is 24.4. The molecule has 214 valence electrons. The lowest BCUT2D eigenvalue weighted by Crippen LogP contribution is -2.53. The molecule has 0 spiro atoms. The van der Waals surface area contributed by atoms with Crippen LogP contribution in [0, 0.1) is 0 Å². The highest BCUT2D eigenvalue weighted by Gasteiger charge is 2.37. The average molecular weight is 562 g/mol. The quantitative estimate of drug-likeness (QED) is 0.354. The Balaban J connectivity index is 1.71. The van der Waals surface area contributed by atoms with Gasteiger partial charge in [0.1, 0.15) is 5.60 Å². The lowest BCUT2D eigenvalue weighted by molar-refractivity contribution is 0.0140. The number of rotatable bonds is 10. The maximum Gasteiger partial charge on any atom is 0.410 e. The summed E-state index contributed by atoms with van der Waals surface area (Å²) in [5.41, 5.74) is 1.01. The molecular weight excluding hydrogens is 522 g/mol. The van der Waals surface area contributed by atoms with Crippen molar-refractivity contribution in [1.82, 2.24) is 10.2 Å². The van der Waals surface area contributed by atoms with Gasteiger partial charge in [0.05, 0.1) is 39.1 Å². The van der Waals surface area contributed by atoms with Crippen LogP contribution in [0.1, 0.15) is 52.0 Å². The Morgan fingerprint density at radius 1 is 1.00 bits per heavy atom. The van der Waals surface area contributed by atoms with Crippen molar-refractivity contribution in [3.05, 3.63) is 47.0 Å². The zero-order valence-electron chi connectivity index (χ0n) is 23.6. The minimum atomic E-state index is -0.628. The molecular formula is C29H40ClN3O6. The molecule has 39 heavy (non-hydrogen) atoms. The fourth-order valence-electron chi connectivity index (χ4n) is 4.79. The number of ether oxygens (including phenoxy) is 4. The molecule has 1 saturated carbocycles. The molecule has 2 aromatic carbocycles. The predicted octanol–water partition coefficient (Wildman–Crippen LogP) is 6.28. The Morgan fingerprint density at radius 2 is 1.64 bits per heavy atom. The van der Waals surface area contributed by atoms with E-state index in [0.29, 0.717) is 34.5 Å². The van der Waals surface area contributed by atoms with E-state index >= 15 is 0 Å². The minimum absolute atomic E-state index is 0.184. The third-order valence-electron chi connectivity index (χ3n) is 6.52. The van der Waals surface area contributed by atoms with Gasteiger partial charge in [0.15, 0.2) is 11.5 Å². The smallest absolute Gasteiger partial charge is 0.410 e. The van der Waals surface area contributed by atoms with E-state index in [2.05, 4.69) is 10.6 Å². The highest BCUT2D eigenvalue weighted by molar-refractivity contribution is 6.30. The molecule has 0 radical (unpaired) electrons. The number of carbonyl (C=O) groups excluding carboxylic acids is 2. The third kappa shape index (κ3) is 8.58. The molecule has 0 saturated heterocycles. The van der Waals surface area contributed by atoms with Crippen LogP contribution in [0.5, 0.6) is 17.2 Å². The molecule has 2 atom stereocenters. The molecule has 3 amide bonds. The van der Waals surface area contributed by atoms with Crippen molar-refractivity contribution < 1.29 is 28.5 Å². The number of urea groups is 1. The highest BCUT2D eigenvalue weighted by Crippen LogP contribution is 2.40. The number of amides is 3. The molecule has 1 aliphatic carbocycles. The number of nitrogens with one attached hydrogen (secondary N) is 2. The van der Waals surface area contributed by atoms with Crippen molar-refractivity contribution in [2.24, 2.45) is 0 Å². The van der Waals surface area contributed by atoms with Gasteiger partial charge in [-0.1, -0.05) is 23.7 Å². The predicted molar refractivity (Wildman–Crippen MR) is 152 cm³/mol. The van der Waals surface area contributed by atoms with Crippen LogP contribution < -0.4 is 24.8 Å². The maximum atomic E-state index is 13.3. The van der Waals surface area contributed by atoms with E-state index in [4.69, 9.17) is 30.5 Å². The summed E-state index contributed by atoms with van der Waals surface area (Å²) < 4.78 is 21.9. The number of methoxy groups -OCH3 is 3. The van der Waals surface area contributed by atoms with Crippen molar-refractivity contribution in [2.75, 3.05) is 33.2 Å². The Hall–Kier alpha value is -3.33. The highest BCUT2D eigenvalue weighted by atomic mass is 35.5. The van der Waals surface area contributed by atoms with Gasteiger partial charge in [-0.3, -0.25) is 0 Å². The van der Waals surface area contributed by atoms with Crippen molar-refractivity contribution in [3.63, 3.8) is 0 Å². The molecule has 9 nitrogen and oxygen atoms in total. The van der Waals surface area contributed by atoms with Gasteiger partial charge < -0.3 is 34.5 Å². The van der Waals surface area contributed by atoms with E-state index in [1.165, 1.54) is 21.3 Å². The molecule has 3 rings (SSSR count). The van der Waals surface area contributed by atoms with E-state index in [1.54, 1.807) is 17.0 Å². The number of aryl methyl sites for hydroxylation is 1. The van der Waals surface area contributed by atoms with Crippen molar-refractivity contribution in [3.8, 4) is 17.2 Å². The van der Waals surface area contributed by atoms with E-state index in [1.807, 2.05) is 45.0 Å². The fourth-order valence-corrected chi connectivity index (χ4v) is 4.91. The van der Waals surface area contributed by atoms with Gasteiger partial charge in [-0.15, -0.1) is 0 Å². The number of nitrogens with zero attached hydrogens (tertiary/aromatic N) is 1. The van der Waals surface area contributed by atoms with E-state index in [0.717, 1.165) is 37.7 Å². The first-order valence-electron chi connectivity index (χ1n) is 13.2. The van der Waals surface area contributed by atoms with Crippen LogP contribution >= 0.6 is 11.6 Å². The van der Waals surface area contributed by atoms with Gasteiger partial charge >= 0.3 is 12.1 Å². The molecule has 1 fully saturated rings. The molecule has 2 N–H and O–H groups in total. The largest absolute Gasteiger partial charge is 0.493 e. The normalized spacial score (nSPS) is 16.8. The van der Waals surface area contributed by atoms with Crippen molar-refractivity contribution in [2.45, 2.75) is 70.6 Å². The molecule has 0 heterocycles. The summed E-state index contributed by atoms with van der Waals surface area (Å²) in [6.07, 6.45) is 3.59. The second-order valence-electron chi connectivity index (χ2n) is 10.5. The molecule has 0 unspecified atom stereocenters. The summed E-state index contributed by atoms with van der Waals surface area (Å²) in [6.45, 7) is 6.07. The van der Waals surface area contributed by atoms with Crippen LogP contribution in [0.2, 0.25) is 5.02 Å². The van der Waals surface area contributed by atoms with E-state index in [9.17, 15) is 9.59 Å². The second-order valence-corrected chi connectivity index (χ2v) is 11.0. The Bertz CT molecular complexity index is 1090. The first-order valence-corrected chi connectivity index (χ1v) is 13.5. The van der Waals surface area contributed by atoms with Crippen LogP contribution in [0.3, 0.4) is 0 Å². The van der Waals surface area contributed by atoms with Crippen molar-refractivity contribution in [1.29, 1.82) is 0 Å². The van der Waals surface area contributed by atoms with Gasteiger partial charge in [-0.05, 0) is 70.6 Å². The van der Waals surface area contributed by atoms with Crippen LogP contribution in [0.15, 0.2) is 36.4 Å². The number of hydrogen-bond donors (Lipinski definition) is 2. The molecule has 0 aliphatic heterocycles. The first-order chi connectivity index (χ1) is 18.5. The third-order valence-corrected chi connectivity index (χ3v) is 6.78. The van der Waals surface area contributed by atoms with Gasteiger partial charge in [-0.2, -0.15) is 0 Å². The van der Waals surface area contributed by atoms with Gasteiger partial charge in [0.2, 0.25) is 5.75 Å². The lowest BCUT2D eigenvalue weighted by Gasteiger charge is -2.35. The van der Waals surface area contributed by atoms with Crippen LogP contribution in [-0.4, -0.2) is 62.6 Å². The SMILES string of the molecule is COc1cc(NC(=O)N[C@@H]2CCC[C@H]2N(CCCc2ccc(Cl)cc2)C(=O)OC(C)(C)C)cc(OC)c1OC. The molecule has 1 aliphatic rings. The maximum absolute atomic E-state index is 13.3. The summed E-state index contributed by atoms with van der Waals surface area (Å²) in [5.74, 6) is 1.30. The Morgan fingerprint density at radius 3 is 2.21 bits per heavy atom. The lowest BCUT2D eigenvalue weighted by atomic mass is 10.1. The van der Waals surface area contributed by atoms with Crippen LogP contribution in [0.4, 0.5) is 15.3 Å². The summed E-state index contributed by atoms with van der Waals surface area (Å²) in [4.78, 5) is 28.1. The number of benzene rings is 2. The fraction of sp³-hybridized carbons (Fsp3) is 0.517. The Labute approximate surface area is 236 Å². The summed E-state index contributed by atoms with van der Waals surface area (Å²) in [5, 5.41) is 6.61. The van der Waals surface area contributed by atoms with E-state index < -0.39 is 5.60 Å². The van der Waals surface area contributed by atoms with E-state index in [-0.39, 0.29) is 24.2 Å². The first kappa shape index (κ1) is 30.2. The molecule has 0 bridgehead atoms.